The van der Waals surface area contributed by atoms with Crippen LogP contribution in [-0.2, 0) is 4.79 Å². The normalized spacial score (nSPS) is 12.9. The van der Waals surface area contributed by atoms with Gasteiger partial charge < -0.3 is 16.0 Å². The number of carbonyl (C=O) groups is 1. The monoisotopic (exact) mass is 426 g/mol. The lowest BCUT2D eigenvalue weighted by Crippen LogP contribution is -2.58. The minimum absolute atomic E-state index is 0.0546. The molecule has 1 amide bonds. The maximum absolute atomic E-state index is 12.1. The fourth-order valence-electron chi connectivity index (χ4n) is 1.51. The van der Waals surface area contributed by atoms with Gasteiger partial charge in [0.2, 0.25) is 9.70 Å². The first-order valence-electron chi connectivity index (χ1n) is 7.00. The van der Waals surface area contributed by atoms with Crippen molar-refractivity contribution in [2.24, 2.45) is 5.41 Å². The highest BCUT2D eigenvalue weighted by atomic mass is 35.6. The minimum Gasteiger partial charge on any atom is -0.339 e. The summed E-state index contributed by atoms with van der Waals surface area (Å²) in [5, 5.41) is 18.8. The van der Waals surface area contributed by atoms with Crippen molar-refractivity contribution in [3.8, 4) is 0 Å². The van der Waals surface area contributed by atoms with Crippen LogP contribution in [-0.4, -0.2) is 25.9 Å². The predicted octanol–water partition coefficient (Wildman–Crippen LogP) is 3.74. The highest BCUT2D eigenvalue weighted by Crippen LogP contribution is 2.30. The number of nitro benzene ring substituents is 1. The van der Waals surface area contributed by atoms with Crippen LogP contribution in [0.5, 0.6) is 0 Å². The van der Waals surface area contributed by atoms with E-state index in [0.717, 1.165) is 0 Å². The van der Waals surface area contributed by atoms with Crippen LogP contribution in [0, 0.1) is 15.5 Å². The van der Waals surface area contributed by atoms with Gasteiger partial charge >= 0.3 is 0 Å². The van der Waals surface area contributed by atoms with Crippen molar-refractivity contribution in [2.45, 2.75) is 30.7 Å². The van der Waals surface area contributed by atoms with Gasteiger partial charge in [-0.3, -0.25) is 14.9 Å². The summed E-state index contributed by atoms with van der Waals surface area (Å²) in [7, 11) is 0. The molecule has 0 heterocycles. The Morgan fingerprint density at radius 1 is 1.16 bits per heavy atom. The van der Waals surface area contributed by atoms with E-state index in [9.17, 15) is 14.9 Å². The summed E-state index contributed by atoms with van der Waals surface area (Å²) < 4.78 is -1.86. The first kappa shape index (κ1) is 21.7. The third kappa shape index (κ3) is 7.19. The second kappa shape index (κ2) is 8.35. The smallest absolute Gasteiger partial charge is 0.269 e. The molecule has 0 radical (unpaired) electrons. The molecule has 0 saturated carbocycles. The Morgan fingerprint density at radius 2 is 1.68 bits per heavy atom. The largest absolute Gasteiger partial charge is 0.339 e. The number of hydrogen-bond acceptors (Lipinski definition) is 4. The molecule has 11 heteroatoms. The maximum Gasteiger partial charge on any atom is 0.269 e. The summed E-state index contributed by atoms with van der Waals surface area (Å²) in [6.45, 7) is 5.14. The molecule has 138 valence electrons. The van der Waals surface area contributed by atoms with Crippen LogP contribution in [0.15, 0.2) is 24.3 Å². The van der Waals surface area contributed by atoms with Gasteiger partial charge in [-0.2, -0.15) is 0 Å². The van der Waals surface area contributed by atoms with Crippen molar-refractivity contribution < 1.29 is 9.72 Å². The third-order valence-corrected chi connectivity index (χ3v) is 3.77. The molecule has 0 bridgehead atoms. The van der Waals surface area contributed by atoms with Crippen LogP contribution in [0.2, 0.25) is 0 Å². The molecular weight excluding hydrogens is 411 g/mol. The van der Waals surface area contributed by atoms with Gasteiger partial charge in [0.1, 0.15) is 6.17 Å². The van der Waals surface area contributed by atoms with Crippen molar-refractivity contribution in [1.82, 2.24) is 10.6 Å². The summed E-state index contributed by atoms with van der Waals surface area (Å²) in [4.78, 5) is 22.2. The van der Waals surface area contributed by atoms with E-state index in [0.29, 0.717) is 5.69 Å². The first-order chi connectivity index (χ1) is 11.3. The Balaban J connectivity index is 2.78. The van der Waals surface area contributed by atoms with Gasteiger partial charge in [-0.05, 0) is 24.4 Å². The zero-order valence-electron chi connectivity index (χ0n) is 13.6. The van der Waals surface area contributed by atoms with Gasteiger partial charge in [0.15, 0.2) is 5.11 Å². The average Bonchev–Trinajstić information content (AvgIpc) is 2.44. The summed E-state index contributed by atoms with van der Waals surface area (Å²) in [5.74, 6) is -0.338. The quantitative estimate of drug-likeness (QED) is 0.223. The summed E-state index contributed by atoms with van der Waals surface area (Å²) >= 11 is 22.8. The zero-order chi connectivity index (χ0) is 19.4. The van der Waals surface area contributed by atoms with Crippen LogP contribution in [0.4, 0.5) is 11.4 Å². The van der Waals surface area contributed by atoms with E-state index >= 15 is 0 Å². The third-order valence-electron chi connectivity index (χ3n) is 2.90. The van der Waals surface area contributed by atoms with Crippen LogP contribution in [0.25, 0.3) is 0 Å². The van der Waals surface area contributed by atoms with E-state index in [1.165, 1.54) is 24.3 Å². The van der Waals surface area contributed by atoms with E-state index in [4.69, 9.17) is 47.0 Å². The van der Waals surface area contributed by atoms with Crippen molar-refractivity contribution in [3.05, 3.63) is 34.4 Å². The SMILES string of the molecule is CC(C)(C)C(=O)NC(NC(=S)Nc1ccc([N+](=O)[O-])cc1)C(Cl)(Cl)Cl. The van der Waals surface area contributed by atoms with Crippen LogP contribution >= 0.6 is 47.0 Å². The highest BCUT2D eigenvalue weighted by molar-refractivity contribution is 7.80. The molecule has 1 unspecified atom stereocenters. The molecule has 0 aliphatic heterocycles. The number of nitro groups is 1. The van der Waals surface area contributed by atoms with E-state index in [2.05, 4.69) is 16.0 Å². The van der Waals surface area contributed by atoms with E-state index in [1.807, 2.05) is 0 Å². The van der Waals surface area contributed by atoms with Crippen molar-refractivity contribution in [3.63, 3.8) is 0 Å². The summed E-state index contributed by atoms with van der Waals surface area (Å²) in [6.07, 6.45) is -1.08. The molecule has 1 atom stereocenters. The average molecular weight is 428 g/mol. The zero-order valence-corrected chi connectivity index (χ0v) is 16.7. The van der Waals surface area contributed by atoms with E-state index < -0.39 is 20.3 Å². The number of benzene rings is 1. The van der Waals surface area contributed by atoms with Crippen molar-refractivity contribution >= 4 is 69.4 Å². The summed E-state index contributed by atoms with van der Waals surface area (Å²) in [6, 6.07) is 5.59. The first-order valence-corrected chi connectivity index (χ1v) is 8.54. The maximum atomic E-state index is 12.1. The topological polar surface area (TPSA) is 96.3 Å². The standard InChI is InChI=1S/C14H17Cl3N4O3S/c1-13(2,3)11(22)19-10(14(15,16)17)20-12(25)18-8-4-6-9(7-5-8)21(23)24/h4-7,10H,1-3H3,(H,19,22)(H2,18,20,25). The van der Waals surface area contributed by atoms with Crippen molar-refractivity contribution in [1.29, 1.82) is 0 Å². The Kier molecular flexibility index (Phi) is 7.25. The lowest BCUT2D eigenvalue weighted by Gasteiger charge is -2.30. The summed E-state index contributed by atoms with van der Waals surface area (Å²) in [5.41, 5.74) is -0.252. The fraction of sp³-hybridized carbons (Fsp3) is 0.429. The Morgan fingerprint density at radius 3 is 2.08 bits per heavy atom. The Hall–Kier alpha value is -1.35. The van der Waals surface area contributed by atoms with Crippen LogP contribution < -0.4 is 16.0 Å². The second-order valence-corrected chi connectivity index (χ2v) is 8.88. The molecule has 0 fully saturated rings. The molecular formula is C14H17Cl3N4O3S. The Bertz CT molecular complexity index is 657. The molecule has 0 spiro atoms. The Labute approximate surface area is 165 Å². The molecule has 7 nitrogen and oxygen atoms in total. The second-order valence-electron chi connectivity index (χ2n) is 6.10. The number of hydrogen-bond donors (Lipinski definition) is 3. The number of rotatable bonds is 4. The number of non-ortho nitro benzene ring substituents is 1. The lowest BCUT2D eigenvalue weighted by atomic mass is 9.95. The number of carbonyl (C=O) groups excluding carboxylic acids is 1. The van der Waals surface area contributed by atoms with Gasteiger partial charge in [-0.25, -0.2) is 0 Å². The number of nitrogens with zero attached hydrogens (tertiary/aromatic N) is 1. The van der Waals surface area contributed by atoms with Gasteiger partial charge in [0, 0.05) is 23.2 Å². The van der Waals surface area contributed by atoms with Gasteiger partial charge in [0.25, 0.3) is 5.69 Å². The minimum atomic E-state index is -1.86. The number of thiocarbonyl (C=S) groups is 1. The number of halogens is 3. The van der Waals surface area contributed by atoms with Gasteiger partial charge in [-0.15, -0.1) is 0 Å². The molecule has 1 aromatic rings. The molecule has 0 aromatic heterocycles. The molecule has 0 aliphatic rings. The fourth-order valence-corrected chi connectivity index (χ4v) is 2.08. The van der Waals surface area contributed by atoms with Crippen LogP contribution in [0.3, 0.4) is 0 Å². The van der Waals surface area contributed by atoms with Crippen molar-refractivity contribution in [2.75, 3.05) is 5.32 Å². The number of amides is 1. The number of nitrogens with one attached hydrogen (secondary N) is 3. The predicted molar refractivity (Wildman–Crippen MR) is 104 cm³/mol. The van der Waals surface area contributed by atoms with Crippen LogP contribution in [0.1, 0.15) is 20.8 Å². The molecule has 1 aromatic carbocycles. The van der Waals surface area contributed by atoms with E-state index in [1.54, 1.807) is 20.8 Å². The number of anilines is 1. The van der Waals surface area contributed by atoms with E-state index in [-0.39, 0.29) is 16.7 Å². The molecule has 1 rings (SSSR count). The molecule has 25 heavy (non-hydrogen) atoms. The molecule has 0 saturated heterocycles. The molecule has 0 aliphatic carbocycles. The highest BCUT2D eigenvalue weighted by Gasteiger charge is 2.36. The lowest BCUT2D eigenvalue weighted by molar-refractivity contribution is -0.384. The molecule has 3 N–H and O–H groups in total. The number of alkyl halides is 3. The van der Waals surface area contributed by atoms with Gasteiger partial charge in [-0.1, -0.05) is 55.6 Å². The van der Waals surface area contributed by atoms with Gasteiger partial charge in [0.05, 0.1) is 4.92 Å².